The first kappa shape index (κ1) is 23.0. The summed E-state index contributed by atoms with van der Waals surface area (Å²) >= 11 is 0. The lowest BCUT2D eigenvalue weighted by Crippen LogP contribution is -2.29. The maximum absolute atomic E-state index is 13.4. The van der Waals surface area contributed by atoms with Crippen LogP contribution in [0.4, 0.5) is 10.1 Å². The number of amides is 1. The minimum Gasteiger partial charge on any atom is -0.507 e. The third-order valence-corrected chi connectivity index (χ3v) is 5.89. The van der Waals surface area contributed by atoms with Gasteiger partial charge in [-0.15, -0.1) is 0 Å². The number of anilines is 1. The van der Waals surface area contributed by atoms with Crippen molar-refractivity contribution >= 4 is 23.1 Å². The van der Waals surface area contributed by atoms with E-state index in [1.807, 2.05) is 30.3 Å². The fraction of sp³-hybridized carbons (Fsp3) is 0.0690. The van der Waals surface area contributed by atoms with Crippen LogP contribution in [0.3, 0.4) is 0 Å². The average molecular weight is 480 g/mol. The molecule has 0 aliphatic carbocycles. The molecule has 1 aliphatic heterocycles. The molecule has 0 bridgehead atoms. The third-order valence-electron chi connectivity index (χ3n) is 5.89. The zero-order chi connectivity index (χ0) is 25.1. The number of aliphatic hydroxyl groups is 1. The van der Waals surface area contributed by atoms with Crippen molar-refractivity contribution in [3.63, 3.8) is 0 Å². The number of halogens is 1. The minimum absolute atomic E-state index is 0.116. The van der Waals surface area contributed by atoms with E-state index >= 15 is 0 Å². The molecule has 1 aliphatic rings. The molecule has 178 valence electrons. The molecule has 7 heteroatoms. The van der Waals surface area contributed by atoms with Crippen molar-refractivity contribution in [3.05, 3.63) is 131 Å². The predicted octanol–water partition coefficient (Wildman–Crippen LogP) is 5.43. The van der Waals surface area contributed by atoms with Crippen LogP contribution in [0, 0.1) is 5.82 Å². The van der Waals surface area contributed by atoms with Gasteiger partial charge in [0.2, 0.25) is 0 Å². The van der Waals surface area contributed by atoms with Crippen LogP contribution in [0.1, 0.15) is 22.9 Å². The number of carbonyl (C=O) groups excluding carboxylic acids is 2. The van der Waals surface area contributed by atoms with E-state index in [1.165, 1.54) is 29.2 Å². The van der Waals surface area contributed by atoms with Crippen LogP contribution in [-0.2, 0) is 16.2 Å². The summed E-state index contributed by atoms with van der Waals surface area (Å²) < 4.78 is 19.3. The molecule has 1 fully saturated rings. The highest BCUT2D eigenvalue weighted by Crippen LogP contribution is 2.41. The molecular formula is C29H21FN2O4. The number of rotatable bonds is 6. The van der Waals surface area contributed by atoms with Crippen LogP contribution in [0.25, 0.3) is 5.76 Å². The van der Waals surface area contributed by atoms with Gasteiger partial charge in [-0.25, -0.2) is 4.39 Å². The first-order chi connectivity index (χ1) is 17.5. The fourth-order valence-electron chi connectivity index (χ4n) is 4.12. The number of aliphatic hydroxyl groups excluding tert-OH is 1. The summed E-state index contributed by atoms with van der Waals surface area (Å²) in [4.78, 5) is 32.0. The molecule has 1 N–H and O–H groups in total. The van der Waals surface area contributed by atoms with Gasteiger partial charge in [0.1, 0.15) is 30.0 Å². The summed E-state index contributed by atoms with van der Waals surface area (Å²) in [6.45, 7) is 0.385. The van der Waals surface area contributed by atoms with Gasteiger partial charge in [-0.1, -0.05) is 36.4 Å². The van der Waals surface area contributed by atoms with Crippen LogP contribution in [0.2, 0.25) is 0 Å². The van der Waals surface area contributed by atoms with Crippen LogP contribution < -0.4 is 9.64 Å². The zero-order valence-corrected chi connectivity index (χ0v) is 19.0. The summed E-state index contributed by atoms with van der Waals surface area (Å²) in [5.41, 5.74) is 1.97. The molecule has 1 saturated heterocycles. The number of ketones is 1. The first-order valence-corrected chi connectivity index (χ1v) is 11.3. The summed E-state index contributed by atoms with van der Waals surface area (Å²) in [5, 5.41) is 11.0. The molecular weight excluding hydrogens is 459 g/mol. The minimum atomic E-state index is -0.965. The van der Waals surface area contributed by atoms with Gasteiger partial charge in [0.25, 0.3) is 11.7 Å². The van der Waals surface area contributed by atoms with Crippen molar-refractivity contribution in [2.24, 2.45) is 0 Å². The quantitative estimate of drug-likeness (QED) is 0.226. The molecule has 4 aromatic rings. The standard InChI is InChI=1S/C29H21FN2O4/c30-21-11-9-20(10-12-21)27(33)25-26(24-8-4-5-17-31-24)32(29(35)28(25)34)22-13-15-23(16-14-22)36-18-19-6-2-1-3-7-19/h1-17,26,33H,18H2/b27-25-. The molecule has 0 saturated carbocycles. The van der Waals surface area contributed by atoms with Gasteiger partial charge < -0.3 is 9.84 Å². The number of benzene rings is 3. The van der Waals surface area contributed by atoms with Gasteiger partial charge in [0.05, 0.1) is 11.3 Å². The van der Waals surface area contributed by atoms with Crippen LogP contribution in [0.5, 0.6) is 5.75 Å². The van der Waals surface area contributed by atoms with Gasteiger partial charge in [-0.05, 0) is 66.2 Å². The molecule has 5 rings (SSSR count). The number of hydrogen-bond acceptors (Lipinski definition) is 5. The second kappa shape index (κ2) is 9.84. The Hall–Kier alpha value is -4.78. The van der Waals surface area contributed by atoms with E-state index in [4.69, 9.17) is 4.74 Å². The van der Waals surface area contributed by atoms with Crippen LogP contribution >= 0.6 is 0 Å². The van der Waals surface area contributed by atoms with Crippen molar-refractivity contribution < 1.29 is 23.8 Å². The number of pyridine rings is 1. The second-order valence-corrected chi connectivity index (χ2v) is 8.20. The van der Waals surface area contributed by atoms with Crippen molar-refractivity contribution in [1.82, 2.24) is 4.98 Å². The highest BCUT2D eigenvalue weighted by atomic mass is 19.1. The lowest BCUT2D eigenvalue weighted by molar-refractivity contribution is -0.132. The van der Waals surface area contributed by atoms with Crippen molar-refractivity contribution in [2.75, 3.05) is 4.90 Å². The average Bonchev–Trinajstić information content (AvgIpc) is 3.19. The molecule has 3 aromatic carbocycles. The lowest BCUT2D eigenvalue weighted by Gasteiger charge is -2.24. The van der Waals surface area contributed by atoms with Gasteiger partial charge in [0, 0.05) is 17.4 Å². The Morgan fingerprint density at radius 3 is 2.25 bits per heavy atom. The van der Waals surface area contributed by atoms with E-state index < -0.39 is 29.3 Å². The van der Waals surface area contributed by atoms with E-state index in [0.717, 1.165) is 5.56 Å². The normalized spacial score (nSPS) is 16.8. The molecule has 2 heterocycles. The molecule has 0 radical (unpaired) electrons. The number of carbonyl (C=O) groups is 2. The predicted molar refractivity (Wildman–Crippen MR) is 133 cm³/mol. The maximum Gasteiger partial charge on any atom is 0.300 e. The molecule has 36 heavy (non-hydrogen) atoms. The molecule has 1 atom stereocenters. The Morgan fingerprint density at radius 1 is 0.889 bits per heavy atom. The number of ether oxygens (including phenoxy) is 1. The zero-order valence-electron chi connectivity index (χ0n) is 19.0. The van der Waals surface area contributed by atoms with Gasteiger partial charge >= 0.3 is 0 Å². The highest BCUT2D eigenvalue weighted by molar-refractivity contribution is 6.51. The first-order valence-electron chi connectivity index (χ1n) is 11.3. The Labute approximate surface area is 206 Å². The Bertz CT molecular complexity index is 1420. The van der Waals surface area contributed by atoms with Crippen LogP contribution in [0.15, 0.2) is 109 Å². The maximum atomic E-state index is 13.4. The van der Waals surface area contributed by atoms with Crippen molar-refractivity contribution in [3.8, 4) is 5.75 Å². The number of nitrogens with zero attached hydrogens (tertiary/aromatic N) is 2. The highest BCUT2D eigenvalue weighted by Gasteiger charge is 2.47. The van der Waals surface area contributed by atoms with E-state index in [-0.39, 0.29) is 11.1 Å². The monoisotopic (exact) mass is 480 g/mol. The second-order valence-electron chi connectivity index (χ2n) is 8.20. The number of hydrogen-bond donors (Lipinski definition) is 1. The van der Waals surface area contributed by atoms with Gasteiger partial charge in [-0.2, -0.15) is 0 Å². The third kappa shape index (κ3) is 4.46. The molecule has 1 amide bonds. The number of Topliss-reactive ketones (excluding diaryl/α,β-unsaturated/α-hetero) is 1. The summed E-state index contributed by atoms with van der Waals surface area (Å²) in [6.07, 6.45) is 1.55. The fourth-order valence-corrected chi connectivity index (χ4v) is 4.12. The van der Waals surface area contributed by atoms with E-state index in [0.29, 0.717) is 23.7 Å². The van der Waals surface area contributed by atoms with Crippen molar-refractivity contribution in [2.45, 2.75) is 12.6 Å². The van der Waals surface area contributed by atoms with Gasteiger partial charge in [0.15, 0.2) is 0 Å². The topological polar surface area (TPSA) is 79.7 Å². The SMILES string of the molecule is O=C1C(=O)N(c2ccc(OCc3ccccc3)cc2)C(c2ccccn2)/C1=C(/O)c1ccc(F)cc1. The largest absolute Gasteiger partial charge is 0.507 e. The summed E-state index contributed by atoms with van der Waals surface area (Å²) in [5.74, 6) is -1.93. The van der Waals surface area contributed by atoms with Gasteiger partial charge in [-0.3, -0.25) is 19.5 Å². The molecule has 1 aromatic heterocycles. The number of aromatic nitrogens is 1. The summed E-state index contributed by atoms with van der Waals surface area (Å²) in [7, 11) is 0. The smallest absolute Gasteiger partial charge is 0.300 e. The Morgan fingerprint density at radius 2 is 1.58 bits per heavy atom. The van der Waals surface area contributed by atoms with E-state index in [2.05, 4.69) is 4.98 Å². The summed E-state index contributed by atoms with van der Waals surface area (Å²) in [6, 6.07) is 25.7. The van der Waals surface area contributed by atoms with Crippen molar-refractivity contribution in [1.29, 1.82) is 0 Å². The van der Waals surface area contributed by atoms with E-state index in [1.54, 1.807) is 48.7 Å². The Balaban J connectivity index is 1.51. The Kier molecular flexibility index (Phi) is 6.28. The molecule has 0 spiro atoms. The molecule has 1 unspecified atom stereocenters. The van der Waals surface area contributed by atoms with E-state index in [9.17, 15) is 19.1 Å². The van der Waals surface area contributed by atoms with Crippen LogP contribution in [-0.4, -0.2) is 21.8 Å². The lowest BCUT2D eigenvalue weighted by atomic mass is 9.98. The molecule has 6 nitrogen and oxygen atoms in total.